The second kappa shape index (κ2) is 70.3. The van der Waals surface area contributed by atoms with E-state index >= 15 is 0 Å². The number of unbranched alkanes of at least 4 members (excludes halogenated alkanes) is 43. The fourth-order valence-electron chi connectivity index (χ4n) is 10.5. The highest BCUT2D eigenvalue weighted by Crippen LogP contribution is 2.17. The molecule has 0 bridgehead atoms. The minimum atomic E-state index is -0.785. The minimum absolute atomic E-state index is 0.0802. The first-order valence-electron chi connectivity index (χ1n) is 35.9. The molecule has 82 heavy (non-hydrogen) atoms. The van der Waals surface area contributed by atoms with Crippen molar-refractivity contribution in [2.75, 3.05) is 13.2 Å². The fourth-order valence-corrected chi connectivity index (χ4v) is 10.5. The van der Waals surface area contributed by atoms with Crippen molar-refractivity contribution in [3.05, 3.63) is 72.9 Å². The second-order valence-electron chi connectivity index (χ2n) is 24.1. The molecule has 0 aromatic heterocycles. The predicted molar refractivity (Wildman–Crippen MR) is 358 cm³/mol. The number of carbonyl (C=O) groups is 3. The van der Waals surface area contributed by atoms with Gasteiger partial charge in [-0.1, -0.05) is 312 Å². The Balaban J connectivity index is 4.34. The number of ether oxygens (including phenoxy) is 3. The quantitative estimate of drug-likeness (QED) is 0.0261. The van der Waals surface area contributed by atoms with Gasteiger partial charge in [-0.2, -0.15) is 0 Å². The molecule has 0 aromatic rings. The monoisotopic (exact) mass is 1150 g/mol. The maximum Gasteiger partial charge on any atom is 0.306 e. The van der Waals surface area contributed by atoms with E-state index in [1.807, 2.05) is 0 Å². The van der Waals surface area contributed by atoms with E-state index in [2.05, 4.69) is 93.7 Å². The van der Waals surface area contributed by atoms with E-state index in [0.29, 0.717) is 19.3 Å². The van der Waals surface area contributed by atoms with Crippen LogP contribution < -0.4 is 0 Å². The van der Waals surface area contributed by atoms with Crippen LogP contribution in [0.5, 0.6) is 0 Å². The highest BCUT2D eigenvalue weighted by molar-refractivity contribution is 5.71. The number of rotatable bonds is 66. The summed E-state index contributed by atoms with van der Waals surface area (Å²) in [6, 6.07) is 0. The smallest absolute Gasteiger partial charge is 0.306 e. The van der Waals surface area contributed by atoms with Crippen molar-refractivity contribution in [1.29, 1.82) is 0 Å². The Morgan fingerprint density at radius 3 is 0.707 bits per heavy atom. The Labute approximate surface area is 510 Å². The van der Waals surface area contributed by atoms with Gasteiger partial charge in [0.1, 0.15) is 13.2 Å². The van der Waals surface area contributed by atoms with Crippen molar-refractivity contribution in [3.63, 3.8) is 0 Å². The van der Waals surface area contributed by atoms with Gasteiger partial charge in [0.2, 0.25) is 0 Å². The molecule has 476 valence electrons. The van der Waals surface area contributed by atoms with E-state index < -0.39 is 6.10 Å². The van der Waals surface area contributed by atoms with E-state index in [1.54, 1.807) is 0 Å². The van der Waals surface area contributed by atoms with E-state index in [1.165, 1.54) is 244 Å². The van der Waals surface area contributed by atoms with Gasteiger partial charge < -0.3 is 14.2 Å². The number of allylic oxidation sites excluding steroid dienone is 12. The first-order chi connectivity index (χ1) is 40.5. The van der Waals surface area contributed by atoms with Crippen molar-refractivity contribution < 1.29 is 28.6 Å². The van der Waals surface area contributed by atoms with Crippen LogP contribution in [0.1, 0.15) is 374 Å². The zero-order valence-electron chi connectivity index (χ0n) is 54.8. The molecule has 0 rings (SSSR count). The molecule has 6 nitrogen and oxygen atoms in total. The Morgan fingerprint density at radius 2 is 0.439 bits per heavy atom. The standard InChI is InChI=1S/C76H136O6/c1-4-7-10-13-16-19-22-25-28-31-33-35-37-38-40-41-43-45-48-51-54-57-60-63-66-69-75(78)81-72-73(71-80-74(77)68-65-62-59-56-53-50-47-30-27-24-21-18-15-12-9-6-3)82-76(79)70-67-64-61-58-55-52-49-46-44-42-39-36-34-32-29-26-23-20-17-14-11-8-5-2/h21-22,24-25,30-34,37-38,47,73H,4-20,23,26-29,35-36,39-46,48-72H2,1-3H3/b24-21-,25-22-,33-31-,34-32-,38-37-,47-30-. The Hall–Kier alpha value is -3.15. The highest BCUT2D eigenvalue weighted by atomic mass is 16.6. The van der Waals surface area contributed by atoms with Gasteiger partial charge in [-0.3, -0.25) is 14.4 Å². The van der Waals surface area contributed by atoms with Crippen molar-refractivity contribution in [2.24, 2.45) is 0 Å². The summed E-state index contributed by atoms with van der Waals surface area (Å²) in [7, 11) is 0. The molecule has 0 radical (unpaired) electrons. The summed E-state index contributed by atoms with van der Waals surface area (Å²) in [6.07, 6.45) is 92.1. The normalized spacial score (nSPS) is 12.5. The molecule has 6 heteroatoms. The number of hydrogen-bond donors (Lipinski definition) is 0. The average Bonchev–Trinajstić information content (AvgIpc) is 3.48. The molecular formula is C76H136O6. The third kappa shape index (κ3) is 67.6. The molecule has 0 spiro atoms. The maximum atomic E-state index is 13.0. The second-order valence-corrected chi connectivity index (χ2v) is 24.1. The van der Waals surface area contributed by atoms with Crippen LogP contribution in [0.2, 0.25) is 0 Å². The summed E-state index contributed by atoms with van der Waals surface area (Å²) < 4.78 is 17.0. The third-order valence-electron chi connectivity index (χ3n) is 15.9. The van der Waals surface area contributed by atoms with Gasteiger partial charge in [-0.25, -0.2) is 0 Å². The lowest BCUT2D eigenvalue weighted by Crippen LogP contribution is -2.30. The van der Waals surface area contributed by atoms with E-state index in [0.717, 1.165) is 89.9 Å². The molecule has 0 saturated carbocycles. The first-order valence-corrected chi connectivity index (χ1v) is 35.9. The lowest BCUT2D eigenvalue weighted by Gasteiger charge is -2.18. The molecule has 0 fully saturated rings. The number of hydrogen-bond acceptors (Lipinski definition) is 6. The Morgan fingerprint density at radius 1 is 0.244 bits per heavy atom. The molecule has 0 heterocycles. The molecule has 0 amide bonds. The van der Waals surface area contributed by atoms with Crippen LogP contribution in [-0.2, 0) is 28.6 Å². The Kier molecular flexibility index (Phi) is 67.6. The van der Waals surface area contributed by atoms with Gasteiger partial charge in [0.05, 0.1) is 0 Å². The van der Waals surface area contributed by atoms with Crippen LogP contribution in [0.25, 0.3) is 0 Å². The van der Waals surface area contributed by atoms with Crippen molar-refractivity contribution in [3.8, 4) is 0 Å². The van der Waals surface area contributed by atoms with Crippen LogP contribution in [0.4, 0.5) is 0 Å². The molecule has 0 saturated heterocycles. The van der Waals surface area contributed by atoms with E-state index in [9.17, 15) is 14.4 Å². The zero-order valence-corrected chi connectivity index (χ0v) is 54.8. The summed E-state index contributed by atoms with van der Waals surface area (Å²) in [6.45, 7) is 6.65. The van der Waals surface area contributed by atoms with Crippen LogP contribution in [-0.4, -0.2) is 37.2 Å². The predicted octanol–water partition coefficient (Wildman–Crippen LogP) is 24.8. The zero-order chi connectivity index (χ0) is 59.2. The van der Waals surface area contributed by atoms with Crippen molar-refractivity contribution >= 4 is 17.9 Å². The van der Waals surface area contributed by atoms with Crippen LogP contribution in [0, 0.1) is 0 Å². The summed E-state index contributed by atoms with van der Waals surface area (Å²) in [5.74, 6) is -0.878. The van der Waals surface area contributed by atoms with Gasteiger partial charge in [-0.05, 0) is 116 Å². The lowest BCUT2D eigenvalue weighted by atomic mass is 10.0. The molecule has 0 aliphatic rings. The van der Waals surface area contributed by atoms with Crippen molar-refractivity contribution in [1.82, 2.24) is 0 Å². The van der Waals surface area contributed by atoms with E-state index in [-0.39, 0.29) is 31.1 Å². The summed E-state index contributed by atoms with van der Waals surface area (Å²) in [5, 5.41) is 0. The molecular weight excluding hydrogens is 1010 g/mol. The topological polar surface area (TPSA) is 78.9 Å². The fraction of sp³-hybridized carbons (Fsp3) is 0.803. The lowest BCUT2D eigenvalue weighted by molar-refractivity contribution is -0.167. The SMILES string of the molecule is CCCCCC/C=C\C/C=C\CCCCCCCC(=O)OCC(COC(=O)CCCCCCCCCCCC/C=C\C/C=C\C/C=C\CCCCCCC)OC(=O)CCCCCCCCCCCCC/C=C\CCCCCCCCCC. The summed E-state index contributed by atoms with van der Waals surface area (Å²) >= 11 is 0. The molecule has 1 atom stereocenters. The van der Waals surface area contributed by atoms with Gasteiger partial charge in [0, 0.05) is 19.3 Å². The Bertz CT molecular complexity index is 1500. The number of carbonyl (C=O) groups excluding carboxylic acids is 3. The van der Waals surface area contributed by atoms with Gasteiger partial charge in [-0.15, -0.1) is 0 Å². The molecule has 0 aliphatic heterocycles. The number of esters is 3. The summed E-state index contributed by atoms with van der Waals surface area (Å²) in [5.41, 5.74) is 0. The van der Waals surface area contributed by atoms with Crippen molar-refractivity contribution in [2.45, 2.75) is 380 Å². The minimum Gasteiger partial charge on any atom is -0.462 e. The van der Waals surface area contributed by atoms with Crippen LogP contribution in [0.15, 0.2) is 72.9 Å². The summed E-state index contributed by atoms with van der Waals surface area (Å²) in [4.78, 5) is 38.5. The molecule has 0 aromatic carbocycles. The molecule has 0 aliphatic carbocycles. The molecule has 0 N–H and O–H groups in total. The van der Waals surface area contributed by atoms with E-state index in [4.69, 9.17) is 14.2 Å². The average molecular weight is 1150 g/mol. The largest absolute Gasteiger partial charge is 0.462 e. The van der Waals surface area contributed by atoms with Gasteiger partial charge in [0.15, 0.2) is 6.10 Å². The van der Waals surface area contributed by atoms with Gasteiger partial charge in [0.25, 0.3) is 0 Å². The highest BCUT2D eigenvalue weighted by Gasteiger charge is 2.19. The third-order valence-corrected chi connectivity index (χ3v) is 15.9. The first kappa shape index (κ1) is 78.8. The van der Waals surface area contributed by atoms with Crippen LogP contribution >= 0.6 is 0 Å². The van der Waals surface area contributed by atoms with Gasteiger partial charge >= 0.3 is 17.9 Å². The van der Waals surface area contributed by atoms with Crippen LogP contribution in [0.3, 0.4) is 0 Å². The maximum absolute atomic E-state index is 13.0. The molecule has 1 unspecified atom stereocenters.